The Morgan fingerprint density at radius 2 is 1.33 bits per heavy atom. The summed E-state index contributed by atoms with van der Waals surface area (Å²) in [5, 5.41) is 0. The number of primary amides is 2. The summed E-state index contributed by atoms with van der Waals surface area (Å²) in [5.74, 6) is 0. The molecule has 3 nitrogen and oxygen atoms in total. The van der Waals surface area contributed by atoms with Gasteiger partial charge in [0.05, 0.1) is 0 Å². The van der Waals surface area contributed by atoms with Gasteiger partial charge < -0.3 is 11.5 Å². The third-order valence-electron chi connectivity index (χ3n) is 0. The van der Waals surface area contributed by atoms with Crippen molar-refractivity contribution in [3.63, 3.8) is 0 Å². The Labute approximate surface area is 58.8 Å². The van der Waals surface area contributed by atoms with Gasteiger partial charge in [0.2, 0.25) is 0 Å². The van der Waals surface area contributed by atoms with Gasteiger partial charge in [-0.1, -0.05) is 0 Å². The number of amides is 2. The first kappa shape index (κ1) is 16.2. The van der Waals surface area contributed by atoms with E-state index in [4.69, 9.17) is 4.79 Å². The van der Waals surface area contributed by atoms with Crippen molar-refractivity contribution in [2.24, 2.45) is 11.5 Å². The predicted octanol–water partition coefficient (Wildman–Crippen LogP) is -1.47. The molecule has 0 atom stereocenters. The molecule has 0 fully saturated rings. The first-order valence-corrected chi connectivity index (χ1v) is 0.781. The van der Waals surface area contributed by atoms with Crippen LogP contribution >= 0.6 is 12.4 Å². The molecule has 6 heavy (non-hydrogen) atoms. The summed E-state index contributed by atoms with van der Waals surface area (Å²) in [4.78, 5) is 9.00. The molecule has 0 saturated heterocycles. The molecular weight excluding hydrogens is 210 g/mol. The Morgan fingerprint density at radius 3 is 1.33 bits per heavy atom. The molecular formula is CH7ClN2OSn. The second-order valence-electron chi connectivity index (χ2n) is 0.402. The van der Waals surface area contributed by atoms with Crippen LogP contribution in [0.4, 0.5) is 4.79 Å². The quantitative estimate of drug-likeness (QED) is 0.478. The van der Waals surface area contributed by atoms with Crippen molar-refractivity contribution in [3.05, 3.63) is 0 Å². The van der Waals surface area contributed by atoms with Crippen LogP contribution in [0.1, 0.15) is 0 Å². The van der Waals surface area contributed by atoms with Crippen LogP contribution in [0.15, 0.2) is 0 Å². The molecule has 0 aromatic rings. The number of rotatable bonds is 0. The summed E-state index contributed by atoms with van der Waals surface area (Å²) in [6.07, 6.45) is 0. The molecule has 0 aromatic carbocycles. The molecule has 0 saturated carbocycles. The van der Waals surface area contributed by atoms with Gasteiger partial charge >= 0.3 is 29.9 Å². The van der Waals surface area contributed by atoms with Gasteiger partial charge in [-0.05, 0) is 0 Å². The maximum atomic E-state index is 9.00. The fraction of sp³-hybridized carbons (Fsp3) is 0. The SMILES string of the molecule is Cl.NC(N)=O.[SnH2]. The minimum atomic E-state index is -0.833. The van der Waals surface area contributed by atoms with Gasteiger partial charge in [0.1, 0.15) is 0 Å². The second kappa shape index (κ2) is 9.02. The van der Waals surface area contributed by atoms with Crippen molar-refractivity contribution in [2.45, 2.75) is 0 Å². The molecule has 0 aliphatic rings. The van der Waals surface area contributed by atoms with Crippen LogP contribution < -0.4 is 11.5 Å². The number of urea groups is 1. The van der Waals surface area contributed by atoms with Gasteiger partial charge in [-0.3, -0.25) is 0 Å². The van der Waals surface area contributed by atoms with Crippen LogP contribution in [-0.2, 0) is 0 Å². The van der Waals surface area contributed by atoms with E-state index in [1.807, 2.05) is 0 Å². The topological polar surface area (TPSA) is 69.1 Å². The summed E-state index contributed by atoms with van der Waals surface area (Å²) in [7, 11) is 0. The first-order chi connectivity index (χ1) is 1.73. The van der Waals surface area contributed by atoms with E-state index in [2.05, 4.69) is 11.5 Å². The van der Waals surface area contributed by atoms with Gasteiger partial charge in [-0.15, -0.1) is 12.4 Å². The molecule has 4 N–H and O–H groups in total. The first-order valence-electron chi connectivity index (χ1n) is 0.781. The monoisotopic (exact) mass is 218 g/mol. The third-order valence-corrected chi connectivity index (χ3v) is 0. The van der Waals surface area contributed by atoms with Gasteiger partial charge in [-0.2, -0.15) is 0 Å². The molecule has 0 unspecified atom stereocenters. The molecule has 0 rings (SSSR count). The van der Waals surface area contributed by atoms with E-state index in [1.165, 1.54) is 0 Å². The molecule has 0 aromatic heterocycles. The van der Waals surface area contributed by atoms with Gasteiger partial charge in [0.15, 0.2) is 0 Å². The second-order valence-corrected chi connectivity index (χ2v) is 0.402. The van der Waals surface area contributed by atoms with Crippen LogP contribution in [0, 0.1) is 0 Å². The van der Waals surface area contributed by atoms with E-state index < -0.39 is 6.03 Å². The van der Waals surface area contributed by atoms with Crippen molar-refractivity contribution in [1.82, 2.24) is 0 Å². The van der Waals surface area contributed by atoms with Crippen LogP contribution in [0.2, 0.25) is 0 Å². The Balaban J connectivity index is -0.0000000450. The van der Waals surface area contributed by atoms with Gasteiger partial charge in [-0.25, -0.2) is 4.79 Å². The summed E-state index contributed by atoms with van der Waals surface area (Å²) < 4.78 is 0. The van der Waals surface area contributed by atoms with Crippen molar-refractivity contribution in [1.29, 1.82) is 0 Å². The number of nitrogens with two attached hydrogens (primary N) is 2. The van der Waals surface area contributed by atoms with E-state index in [9.17, 15) is 0 Å². The molecule has 0 aliphatic carbocycles. The van der Waals surface area contributed by atoms with Crippen LogP contribution in [0.5, 0.6) is 0 Å². The average Bonchev–Trinajstić information content (AvgIpc) is 0.811. The fourth-order valence-electron chi connectivity index (χ4n) is 0. The van der Waals surface area contributed by atoms with E-state index in [0.29, 0.717) is 0 Å². The molecule has 0 spiro atoms. The zero-order chi connectivity index (χ0) is 3.58. The molecule has 2 radical (unpaired) electrons. The standard InChI is InChI=1S/CH4N2O.ClH.Sn.2H/c2-1(3)4;;;;/h(H4,2,3,4);1H;;;. The molecule has 5 heteroatoms. The molecule has 0 bridgehead atoms. The summed E-state index contributed by atoms with van der Waals surface area (Å²) in [6.45, 7) is 0. The van der Waals surface area contributed by atoms with Gasteiger partial charge in [0.25, 0.3) is 0 Å². The Morgan fingerprint density at radius 1 is 1.33 bits per heavy atom. The summed E-state index contributed by atoms with van der Waals surface area (Å²) in [5.41, 5.74) is 8.50. The van der Waals surface area contributed by atoms with Crippen molar-refractivity contribution in [3.8, 4) is 0 Å². The number of carbonyl (C=O) groups excluding carboxylic acids is 1. The average molecular weight is 217 g/mol. The Kier molecular flexibility index (Phi) is 24.3. The minimum absolute atomic E-state index is 0. The summed E-state index contributed by atoms with van der Waals surface area (Å²) in [6, 6.07) is -0.833. The van der Waals surface area contributed by atoms with E-state index in [1.54, 1.807) is 0 Å². The number of hydrogen-bond donors (Lipinski definition) is 2. The van der Waals surface area contributed by atoms with E-state index in [-0.39, 0.29) is 36.3 Å². The van der Waals surface area contributed by atoms with E-state index >= 15 is 0 Å². The zero-order valence-electron chi connectivity index (χ0n) is 3.18. The Bertz CT molecular complexity index is 36.5. The maximum absolute atomic E-state index is 9.00. The van der Waals surface area contributed by atoms with E-state index in [0.717, 1.165) is 0 Å². The van der Waals surface area contributed by atoms with Crippen molar-refractivity contribution < 1.29 is 4.79 Å². The molecule has 38 valence electrons. The third kappa shape index (κ3) is 382. The van der Waals surface area contributed by atoms with Crippen LogP contribution in [0.25, 0.3) is 0 Å². The normalized spacial score (nSPS) is 4.00. The number of carbonyl (C=O) groups is 1. The molecule has 0 aliphatic heterocycles. The molecule has 2 amide bonds. The summed E-state index contributed by atoms with van der Waals surface area (Å²) >= 11 is 0. The van der Waals surface area contributed by atoms with Crippen molar-refractivity contribution in [2.75, 3.05) is 0 Å². The van der Waals surface area contributed by atoms with Crippen LogP contribution in [-0.4, -0.2) is 29.9 Å². The van der Waals surface area contributed by atoms with Gasteiger partial charge in [0, 0.05) is 0 Å². The number of hydrogen-bond acceptors (Lipinski definition) is 1. The van der Waals surface area contributed by atoms with Crippen LogP contribution in [0.3, 0.4) is 0 Å². The van der Waals surface area contributed by atoms with Crippen molar-refractivity contribution >= 4 is 42.3 Å². The Hall–Kier alpha value is 0.359. The predicted molar refractivity (Wildman–Crippen MR) is 29.6 cm³/mol. The molecule has 0 heterocycles. The fourth-order valence-corrected chi connectivity index (χ4v) is 0. The number of halogens is 1. The zero-order valence-corrected chi connectivity index (χ0v) is 8.03.